The molecule has 0 bridgehead atoms. The molecule has 2 heterocycles. The van der Waals surface area contributed by atoms with Crippen molar-refractivity contribution in [3.05, 3.63) is 68.6 Å². The Bertz CT molecular complexity index is 1910. The molecule has 2 aromatic rings. The second kappa shape index (κ2) is 29.3. The molecule has 4 rings (SSSR count). The van der Waals surface area contributed by atoms with Crippen molar-refractivity contribution in [3.63, 3.8) is 0 Å². The first-order valence-electron chi connectivity index (χ1n) is 26.6. The van der Waals surface area contributed by atoms with Crippen molar-refractivity contribution in [1.29, 1.82) is 0 Å². The molecule has 14 nitrogen and oxygen atoms in total. The quantitative estimate of drug-likeness (QED) is 0.0654. The average Bonchev–Trinajstić information content (AvgIpc) is 4.02. The van der Waals surface area contributed by atoms with Gasteiger partial charge in [0.2, 0.25) is 35.4 Å². The number of halogens is 2. The topological polar surface area (TPSA) is 163 Å². The second-order valence-electron chi connectivity index (χ2n) is 22.3. The van der Waals surface area contributed by atoms with E-state index in [4.69, 9.17) is 0 Å². The molecule has 402 valence electrons. The van der Waals surface area contributed by atoms with Gasteiger partial charge in [-0.15, -0.1) is 0 Å². The molecular formula is C56H88Br2N8O6. The van der Waals surface area contributed by atoms with Crippen LogP contribution in [-0.4, -0.2) is 145 Å². The van der Waals surface area contributed by atoms with Crippen LogP contribution < -0.4 is 21.3 Å². The molecule has 72 heavy (non-hydrogen) atoms. The summed E-state index contributed by atoms with van der Waals surface area (Å²) in [6.07, 6.45) is 10.8. The van der Waals surface area contributed by atoms with E-state index in [1.807, 2.05) is 85.4 Å². The number of carbonyl (C=O) groups excluding carboxylic acids is 6. The van der Waals surface area contributed by atoms with Gasteiger partial charge < -0.3 is 40.9 Å². The fourth-order valence-corrected chi connectivity index (χ4v) is 10.1. The molecule has 2 fully saturated rings. The van der Waals surface area contributed by atoms with Crippen LogP contribution in [0.15, 0.2) is 57.5 Å². The Labute approximate surface area is 448 Å². The minimum Gasteiger partial charge on any atom is -0.342 e. The summed E-state index contributed by atoms with van der Waals surface area (Å²) in [5.41, 5.74) is 1.26. The number of rotatable bonds is 27. The zero-order valence-electron chi connectivity index (χ0n) is 45.2. The predicted molar refractivity (Wildman–Crippen MR) is 295 cm³/mol. The highest BCUT2D eigenvalue weighted by atomic mass is 79.9. The number of nitrogens with one attached hydrogen (secondary N) is 4. The summed E-state index contributed by atoms with van der Waals surface area (Å²) in [4.78, 5) is 90.3. The molecule has 0 aromatic heterocycles. The fraction of sp³-hybridized carbons (Fsp3) is 0.679. The summed E-state index contributed by atoms with van der Waals surface area (Å²) in [5.74, 6) is -0.455. The predicted octanol–water partition coefficient (Wildman–Crippen LogP) is 8.03. The number of hydrogen-bond donors (Lipinski definition) is 4. The normalized spacial score (nSPS) is 17.8. The summed E-state index contributed by atoms with van der Waals surface area (Å²) in [7, 11) is 3.45. The Morgan fingerprint density at radius 2 is 0.903 bits per heavy atom. The van der Waals surface area contributed by atoms with Crippen molar-refractivity contribution in [1.82, 2.24) is 40.9 Å². The molecule has 2 aliphatic heterocycles. The first kappa shape index (κ1) is 60.7. The Kier molecular flexibility index (Phi) is 24.7. The molecule has 0 spiro atoms. The smallest absolute Gasteiger partial charge is 0.246 e. The number of nitrogens with zero attached hydrogens (tertiary/aromatic N) is 4. The summed E-state index contributed by atoms with van der Waals surface area (Å²) >= 11 is 7.06. The Morgan fingerprint density at radius 3 is 1.22 bits per heavy atom. The van der Waals surface area contributed by atoms with Crippen LogP contribution in [0.2, 0.25) is 0 Å². The van der Waals surface area contributed by atoms with E-state index in [1.165, 1.54) is 0 Å². The third-order valence-electron chi connectivity index (χ3n) is 14.5. The molecular weight excluding hydrogens is 1040 g/mol. The number of likely N-dealkylation sites (N-methyl/N-ethyl adjacent to an activating group) is 2. The summed E-state index contributed by atoms with van der Waals surface area (Å²) in [5, 5.41) is 12.0. The number of likely N-dealkylation sites (tertiary alicyclic amines) is 2. The molecule has 6 amide bonds. The first-order chi connectivity index (χ1) is 34.0. The summed E-state index contributed by atoms with van der Waals surface area (Å²) in [6.45, 7) is 18.6. The molecule has 2 aromatic carbocycles. The Hall–Kier alpha value is -3.86. The number of amides is 6. The van der Waals surface area contributed by atoms with E-state index in [0.717, 1.165) is 84.3 Å². The number of benzene rings is 2. The molecule has 2 aliphatic rings. The van der Waals surface area contributed by atoms with Gasteiger partial charge in [-0.3, -0.25) is 28.8 Å². The lowest BCUT2D eigenvalue weighted by molar-refractivity contribution is -0.142. The van der Waals surface area contributed by atoms with E-state index in [1.54, 1.807) is 27.9 Å². The molecule has 16 heteroatoms. The van der Waals surface area contributed by atoms with E-state index in [2.05, 4.69) is 77.4 Å². The summed E-state index contributed by atoms with van der Waals surface area (Å²) < 4.78 is 2.00. The van der Waals surface area contributed by atoms with Crippen LogP contribution in [0.25, 0.3) is 0 Å². The Balaban J connectivity index is 1.33. The maximum Gasteiger partial charge on any atom is 0.246 e. The van der Waals surface area contributed by atoms with E-state index in [0.29, 0.717) is 65.0 Å². The highest BCUT2D eigenvalue weighted by Crippen LogP contribution is 2.29. The largest absolute Gasteiger partial charge is 0.342 e. The van der Waals surface area contributed by atoms with E-state index in [-0.39, 0.29) is 47.5 Å². The molecule has 2 saturated heterocycles. The van der Waals surface area contributed by atoms with Crippen molar-refractivity contribution in [2.24, 2.45) is 10.8 Å². The number of hydrogen-bond acceptors (Lipinski definition) is 8. The number of unbranched alkanes of at least 4 members (excludes halogenated alkanes) is 5. The lowest BCUT2D eigenvalue weighted by Crippen LogP contribution is -2.59. The van der Waals surface area contributed by atoms with Crippen LogP contribution in [0.3, 0.4) is 0 Å². The van der Waals surface area contributed by atoms with Crippen molar-refractivity contribution < 1.29 is 28.8 Å². The number of carbonyl (C=O) groups is 6. The van der Waals surface area contributed by atoms with Gasteiger partial charge in [0.15, 0.2) is 0 Å². The second-order valence-corrected chi connectivity index (χ2v) is 24.2. The molecule has 0 saturated carbocycles. The van der Waals surface area contributed by atoms with Crippen molar-refractivity contribution >= 4 is 67.3 Å². The maximum atomic E-state index is 14.2. The van der Waals surface area contributed by atoms with Gasteiger partial charge in [0.05, 0.1) is 12.1 Å². The maximum absolute atomic E-state index is 14.2. The van der Waals surface area contributed by atoms with Gasteiger partial charge in [-0.1, -0.05) is 123 Å². The molecule has 6 atom stereocenters. The fourth-order valence-electron chi connectivity index (χ4n) is 9.61. The third-order valence-corrected chi connectivity index (χ3v) is 15.6. The molecule has 0 aliphatic carbocycles. The third kappa shape index (κ3) is 19.1. The molecule has 4 N–H and O–H groups in total. The van der Waals surface area contributed by atoms with E-state index >= 15 is 0 Å². The minimum atomic E-state index is -0.699. The van der Waals surface area contributed by atoms with Crippen molar-refractivity contribution in [2.75, 3.05) is 53.4 Å². The van der Waals surface area contributed by atoms with Gasteiger partial charge in [0, 0.05) is 73.1 Å². The minimum absolute atomic E-state index is 0.0911. The highest BCUT2D eigenvalue weighted by Gasteiger charge is 2.42. The van der Waals surface area contributed by atoms with Crippen molar-refractivity contribution in [3.8, 4) is 0 Å². The SMILES string of the molecule is CN[C@@H](C)C(=O)N[C@H](C(=O)N1CCC[C@H]1CN(CCc1ccc(Br)cc1)C(=O)CCCCCCCCC(=O)N(CCc1ccc(Br)cc1)C[C@@H]1CCCN1C(=O)[C@@H](NC(=O)[C@H](C)NC)C(C)(C)C)C(C)(C)C. The van der Waals surface area contributed by atoms with Crippen LogP contribution in [-0.2, 0) is 41.6 Å². The van der Waals surface area contributed by atoms with Crippen LogP contribution in [0.1, 0.15) is 144 Å². The van der Waals surface area contributed by atoms with E-state index in [9.17, 15) is 28.8 Å². The molecule has 0 radical (unpaired) electrons. The van der Waals surface area contributed by atoms with Crippen LogP contribution >= 0.6 is 31.9 Å². The van der Waals surface area contributed by atoms with Crippen LogP contribution in [0, 0.1) is 10.8 Å². The van der Waals surface area contributed by atoms with E-state index < -0.39 is 35.0 Å². The van der Waals surface area contributed by atoms with Gasteiger partial charge in [0.1, 0.15) is 12.1 Å². The highest BCUT2D eigenvalue weighted by molar-refractivity contribution is 9.10. The van der Waals surface area contributed by atoms with Crippen LogP contribution in [0.4, 0.5) is 0 Å². The van der Waals surface area contributed by atoms with Gasteiger partial charge >= 0.3 is 0 Å². The Morgan fingerprint density at radius 1 is 0.569 bits per heavy atom. The van der Waals surface area contributed by atoms with Gasteiger partial charge in [-0.05, 0) is 126 Å². The first-order valence-corrected chi connectivity index (χ1v) is 28.2. The zero-order valence-corrected chi connectivity index (χ0v) is 48.4. The van der Waals surface area contributed by atoms with Gasteiger partial charge in [-0.2, -0.15) is 0 Å². The van der Waals surface area contributed by atoms with Gasteiger partial charge in [-0.25, -0.2) is 0 Å². The van der Waals surface area contributed by atoms with Crippen molar-refractivity contribution in [2.45, 2.75) is 182 Å². The molecule has 0 unspecified atom stereocenters. The average molecular weight is 1130 g/mol. The standard InChI is InChI=1S/C56H88Br2N8O6/c1-39(59-9)51(69)61-49(55(3,4)5)53(71)65-33-17-19-45(65)37-63(35-31-41-23-27-43(57)28-24-41)47(67)21-15-13-11-12-14-16-22-48(68)64(36-32-42-25-29-44(58)30-26-42)38-46-20-18-34-66(46)54(72)50(56(6,7)8)62-52(70)40(2)60-10/h23-30,39-40,45-46,49-50,59-60H,11-22,31-38H2,1-10H3,(H,61,69)(H,62,70)/t39-,40-,45-,46-,49+,50+/m0/s1. The van der Waals surface area contributed by atoms with Gasteiger partial charge in [0.25, 0.3) is 0 Å². The zero-order chi connectivity index (χ0) is 53.2. The summed E-state index contributed by atoms with van der Waals surface area (Å²) in [6, 6.07) is 13.8. The monoisotopic (exact) mass is 1130 g/mol. The lowest BCUT2D eigenvalue weighted by Gasteiger charge is -2.37. The lowest BCUT2D eigenvalue weighted by atomic mass is 9.85. The van der Waals surface area contributed by atoms with Crippen LogP contribution in [0.5, 0.6) is 0 Å².